The summed E-state index contributed by atoms with van der Waals surface area (Å²) in [7, 11) is 0. The smallest absolute Gasteiger partial charge is 0.233 e. The molecule has 2 nitrogen and oxygen atoms in total. The standard InChI is InChI=1S/C13H16ClNOS/c1-13(2,8-9-17-3)12(16)15-11-6-4-10(14)5-7-11/h4-9H,1-3H3,(H,15,16). The van der Waals surface area contributed by atoms with Crippen molar-refractivity contribution in [1.82, 2.24) is 0 Å². The summed E-state index contributed by atoms with van der Waals surface area (Å²) >= 11 is 7.36. The molecule has 0 bridgehead atoms. The van der Waals surface area contributed by atoms with Gasteiger partial charge in [-0.3, -0.25) is 4.79 Å². The number of carbonyl (C=O) groups excluding carboxylic acids is 1. The van der Waals surface area contributed by atoms with E-state index in [4.69, 9.17) is 11.6 Å². The van der Waals surface area contributed by atoms with E-state index in [2.05, 4.69) is 5.32 Å². The lowest BCUT2D eigenvalue weighted by molar-refractivity contribution is -0.121. The first kappa shape index (κ1) is 14.1. The quantitative estimate of drug-likeness (QED) is 0.888. The predicted octanol–water partition coefficient (Wildman–Crippen LogP) is 4.18. The molecule has 1 amide bonds. The molecule has 0 saturated carbocycles. The molecule has 0 aromatic heterocycles. The molecular formula is C13H16ClNOS. The Hall–Kier alpha value is -0.930. The van der Waals surface area contributed by atoms with Gasteiger partial charge in [-0.1, -0.05) is 17.7 Å². The van der Waals surface area contributed by atoms with Gasteiger partial charge in [0.05, 0.1) is 5.41 Å². The topological polar surface area (TPSA) is 29.1 Å². The first-order chi connectivity index (χ1) is 7.95. The van der Waals surface area contributed by atoms with Gasteiger partial charge in [0.25, 0.3) is 0 Å². The number of nitrogens with one attached hydrogen (secondary N) is 1. The van der Waals surface area contributed by atoms with Crippen LogP contribution in [-0.4, -0.2) is 12.2 Å². The summed E-state index contributed by atoms with van der Waals surface area (Å²) in [6.07, 6.45) is 3.85. The van der Waals surface area contributed by atoms with Crippen molar-refractivity contribution in [3.63, 3.8) is 0 Å². The highest BCUT2D eigenvalue weighted by molar-refractivity contribution is 8.01. The van der Waals surface area contributed by atoms with Gasteiger partial charge in [-0.05, 0) is 49.8 Å². The zero-order chi connectivity index (χ0) is 12.9. The number of thioether (sulfide) groups is 1. The van der Waals surface area contributed by atoms with Crippen LogP contribution in [0.2, 0.25) is 5.02 Å². The van der Waals surface area contributed by atoms with Crippen LogP contribution in [0.3, 0.4) is 0 Å². The Morgan fingerprint density at radius 3 is 2.47 bits per heavy atom. The molecule has 4 heteroatoms. The number of hydrogen-bond donors (Lipinski definition) is 1. The second-order valence-electron chi connectivity index (χ2n) is 4.22. The van der Waals surface area contributed by atoms with E-state index in [9.17, 15) is 4.79 Å². The summed E-state index contributed by atoms with van der Waals surface area (Å²) in [5.41, 5.74) is 0.230. The molecule has 0 atom stereocenters. The number of anilines is 1. The number of hydrogen-bond acceptors (Lipinski definition) is 2. The van der Waals surface area contributed by atoms with Crippen molar-refractivity contribution in [1.29, 1.82) is 0 Å². The largest absolute Gasteiger partial charge is 0.325 e. The fourth-order valence-corrected chi connectivity index (χ4v) is 1.74. The molecule has 0 aliphatic heterocycles. The normalized spacial score (nSPS) is 11.8. The average molecular weight is 270 g/mol. The number of amides is 1. The lowest BCUT2D eigenvalue weighted by atomic mass is 9.92. The highest BCUT2D eigenvalue weighted by Crippen LogP contribution is 2.22. The van der Waals surface area contributed by atoms with E-state index in [1.165, 1.54) is 0 Å². The minimum absolute atomic E-state index is 0.0369. The molecule has 17 heavy (non-hydrogen) atoms. The Balaban J connectivity index is 2.71. The highest BCUT2D eigenvalue weighted by atomic mass is 35.5. The van der Waals surface area contributed by atoms with Gasteiger partial charge in [0.1, 0.15) is 0 Å². The van der Waals surface area contributed by atoms with Crippen LogP contribution in [0, 0.1) is 5.41 Å². The molecule has 0 fully saturated rings. The first-order valence-corrected chi connectivity index (χ1v) is 6.90. The minimum atomic E-state index is -0.525. The maximum atomic E-state index is 12.0. The van der Waals surface area contributed by atoms with Crippen LogP contribution in [0.25, 0.3) is 0 Å². The van der Waals surface area contributed by atoms with Gasteiger partial charge >= 0.3 is 0 Å². The van der Waals surface area contributed by atoms with Crippen LogP contribution < -0.4 is 5.32 Å². The molecule has 0 aliphatic carbocycles. The Morgan fingerprint density at radius 1 is 1.35 bits per heavy atom. The Kier molecular flexibility index (Phi) is 5.09. The van der Waals surface area contributed by atoms with Crippen LogP contribution >= 0.6 is 23.4 Å². The minimum Gasteiger partial charge on any atom is -0.325 e. The van der Waals surface area contributed by atoms with E-state index < -0.39 is 5.41 Å². The van der Waals surface area contributed by atoms with Crippen LogP contribution in [-0.2, 0) is 4.79 Å². The van der Waals surface area contributed by atoms with Gasteiger partial charge in [0, 0.05) is 10.7 Å². The average Bonchev–Trinajstić information content (AvgIpc) is 2.29. The predicted molar refractivity (Wildman–Crippen MR) is 76.5 cm³/mol. The van der Waals surface area contributed by atoms with E-state index in [-0.39, 0.29) is 5.91 Å². The van der Waals surface area contributed by atoms with Crippen molar-refractivity contribution in [3.05, 3.63) is 40.8 Å². The molecule has 0 radical (unpaired) electrons. The Labute approximate surface area is 111 Å². The second kappa shape index (κ2) is 6.12. The summed E-state index contributed by atoms with van der Waals surface area (Å²) in [5.74, 6) is -0.0369. The fourth-order valence-electron chi connectivity index (χ4n) is 1.14. The van der Waals surface area contributed by atoms with Gasteiger partial charge in [-0.2, -0.15) is 0 Å². The molecule has 1 N–H and O–H groups in total. The third-order valence-corrected chi connectivity index (χ3v) is 2.97. The molecule has 0 aliphatic rings. The molecular weight excluding hydrogens is 254 g/mol. The van der Waals surface area contributed by atoms with Gasteiger partial charge in [-0.25, -0.2) is 0 Å². The van der Waals surface area contributed by atoms with Crippen LogP contribution in [0.5, 0.6) is 0 Å². The van der Waals surface area contributed by atoms with Crippen molar-refractivity contribution in [3.8, 4) is 0 Å². The molecule has 0 saturated heterocycles. The summed E-state index contributed by atoms with van der Waals surface area (Å²) in [6.45, 7) is 3.76. The molecule has 0 heterocycles. The molecule has 1 rings (SSSR count). The van der Waals surface area contributed by atoms with Gasteiger partial charge in [0.15, 0.2) is 0 Å². The second-order valence-corrected chi connectivity index (χ2v) is 5.40. The third-order valence-electron chi connectivity index (χ3n) is 2.31. The number of benzene rings is 1. The lowest BCUT2D eigenvalue weighted by Gasteiger charge is -2.19. The Bertz CT molecular complexity index is 412. The highest BCUT2D eigenvalue weighted by Gasteiger charge is 2.24. The van der Waals surface area contributed by atoms with Gasteiger partial charge in [-0.15, -0.1) is 11.8 Å². The van der Waals surface area contributed by atoms with Crippen molar-refractivity contribution >= 4 is 35.0 Å². The van der Waals surface area contributed by atoms with Gasteiger partial charge in [0.2, 0.25) is 5.91 Å². The maximum absolute atomic E-state index is 12.0. The van der Waals surface area contributed by atoms with E-state index in [0.717, 1.165) is 5.69 Å². The molecule has 0 unspecified atom stereocenters. The summed E-state index contributed by atoms with van der Waals surface area (Å²) in [6, 6.07) is 7.08. The zero-order valence-corrected chi connectivity index (χ0v) is 11.7. The lowest BCUT2D eigenvalue weighted by Crippen LogP contribution is -2.28. The van der Waals surface area contributed by atoms with Crippen LogP contribution in [0.4, 0.5) is 5.69 Å². The first-order valence-electron chi connectivity index (χ1n) is 5.23. The number of halogens is 1. The molecule has 0 spiro atoms. The van der Waals surface area contributed by atoms with Crippen molar-refractivity contribution in [2.24, 2.45) is 5.41 Å². The Morgan fingerprint density at radius 2 is 1.94 bits per heavy atom. The number of rotatable bonds is 4. The monoisotopic (exact) mass is 269 g/mol. The van der Waals surface area contributed by atoms with E-state index in [1.54, 1.807) is 36.0 Å². The third kappa shape index (κ3) is 4.44. The van der Waals surface area contributed by atoms with Crippen molar-refractivity contribution in [2.45, 2.75) is 13.8 Å². The summed E-state index contributed by atoms with van der Waals surface area (Å²) in [5, 5.41) is 5.44. The summed E-state index contributed by atoms with van der Waals surface area (Å²) < 4.78 is 0. The van der Waals surface area contributed by atoms with Crippen molar-refractivity contribution < 1.29 is 4.79 Å². The van der Waals surface area contributed by atoms with E-state index in [0.29, 0.717) is 5.02 Å². The molecule has 92 valence electrons. The fraction of sp³-hybridized carbons (Fsp3) is 0.308. The van der Waals surface area contributed by atoms with E-state index >= 15 is 0 Å². The zero-order valence-electron chi connectivity index (χ0n) is 10.2. The van der Waals surface area contributed by atoms with Crippen molar-refractivity contribution in [2.75, 3.05) is 11.6 Å². The number of carbonyl (C=O) groups is 1. The molecule has 1 aromatic rings. The van der Waals surface area contributed by atoms with E-state index in [1.807, 2.05) is 31.6 Å². The van der Waals surface area contributed by atoms with Crippen LogP contribution in [0.1, 0.15) is 13.8 Å². The van der Waals surface area contributed by atoms with Gasteiger partial charge < -0.3 is 5.32 Å². The molecule has 1 aromatic carbocycles. The van der Waals surface area contributed by atoms with Crippen LogP contribution in [0.15, 0.2) is 35.7 Å². The summed E-state index contributed by atoms with van der Waals surface area (Å²) in [4.78, 5) is 12.0. The SMILES string of the molecule is CSC=CC(C)(C)C(=O)Nc1ccc(Cl)cc1. The maximum Gasteiger partial charge on any atom is 0.233 e.